The molecule has 1 spiro atoms. The smallest absolute Gasteiger partial charge is 0.225 e. The lowest BCUT2D eigenvalue weighted by Gasteiger charge is -2.23. The van der Waals surface area contributed by atoms with Gasteiger partial charge in [-0.1, -0.05) is 25.0 Å². The third-order valence-corrected chi connectivity index (χ3v) is 5.30. The van der Waals surface area contributed by atoms with Crippen LogP contribution in [0.5, 0.6) is 0 Å². The zero-order valence-electron chi connectivity index (χ0n) is 13.7. The van der Waals surface area contributed by atoms with Gasteiger partial charge in [0.15, 0.2) is 0 Å². The molecule has 3 rings (SSSR count). The lowest BCUT2D eigenvalue weighted by Crippen LogP contribution is -2.37. The van der Waals surface area contributed by atoms with Gasteiger partial charge in [0.2, 0.25) is 5.96 Å². The molecule has 6 heteroatoms. The number of aliphatic imine (C=N–C) groups is 1. The molecule has 2 aliphatic rings. The summed E-state index contributed by atoms with van der Waals surface area (Å²) < 4.78 is 3.37. The van der Waals surface area contributed by atoms with Crippen molar-refractivity contribution in [3.63, 3.8) is 0 Å². The number of hydrazone groups is 1. The maximum absolute atomic E-state index is 5.64. The van der Waals surface area contributed by atoms with Crippen LogP contribution in [-0.4, -0.2) is 30.3 Å². The third-order valence-electron chi connectivity index (χ3n) is 4.51. The second kappa shape index (κ2) is 7.36. The van der Waals surface area contributed by atoms with Crippen molar-refractivity contribution in [2.24, 2.45) is 21.2 Å². The van der Waals surface area contributed by atoms with Crippen molar-refractivity contribution in [3.05, 3.63) is 29.8 Å². The first kappa shape index (κ1) is 16.3. The Kier molecular flexibility index (Phi) is 5.23. The Morgan fingerprint density at radius 2 is 2.09 bits per heavy atom. The molecule has 1 saturated carbocycles. The molecule has 0 amide bonds. The summed E-state index contributed by atoms with van der Waals surface area (Å²) in [5, 5.41) is 6.64. The standard InChI is InChI=1S/C17H25N5S/c1-2-19-16(21-23-15-7-5-14(11-18)6-8-15)22-13-17(12-20-22)9-3-4-10-17/h5-8,12H,2-4,9-11,13,18H2,1H3,(H,19,21). The predicted molar refractivity (Wildman–Crippen MR) is 97.4 cm³/mol. The van der Waals surface area contributed by atoms with Crippen LogP contribution in [0.15, 0.2) is 39.3 Å². The van der Waals surface area contributed by atoms with E-state index in [2.05, 4.69) is 45.3 Å². The van der Waals surface area contributed by atoms with E-state index in [9.17, 15) is 0 Å². The maximum Gasteiger partial charge on any atom is 0.225 e. The molecule has 124 valence electrons. The molecule has 0 radical (unpaired) electrons. The Labute approximate surface area is 142 Å². The highest BCUT2D eigenvalue weighted by molar-refractivity contribution is 7.98. The van der Waals surface area contributed by atoms with Gasteiger partial charge in [0.1, 0.15) is 0 Å². The molecule has 5 nitrogen and oxygen atoms in total. The van der Waals surface area contributed by atoms with Gasteiger partial charge < -0.3 is 5.73 Å². The minimum atomic E-state index is 0.281. The van der Waals surface area contributed by atoms with Gasteiger partial charge in [-0.05, 0) is 49.4 Å². The number of hydrogen-bond acceptors (Lipinski definition) is 4. The normalized spacial score (nSPS) is 19.7. The summed E-state index contributed by atoms with van der Waals surface area (Å²) in [4.78, 5) is 5.73. The van der Waals surface area contributed by atoms with E-state index in [1.54, 1.807) is 11.9 Å². The molecular weight excluding hydrogens is 306 g/mol. The summed E-state index contributed by atoms with van der Waals surface area (Å²) in [5.41, 5.74) is 7.06. The number of rotatable bonds is 4. The average molecular weight is 331 g/mol. The SMILES string of the molecule is CCN=C(NSc1ccc(CN)cc1)N1CC2(C=N1)CCCC2. The van der Waals surface area contributed by atoms with E-state index in [-0.39, 0.29) is 5.41 Å². The number of nitrogens with two attached hydrogens (primary N) is 1. The summed E-state index contributed by atoms with van der Waals surface area (Å²) in [6.07, 6.45) is 7.28. The van der Waals surface area contributed by atoms with Crippen LogP contribution in [0.3, 0.4) is 0 Å². The molecule has 0 atom stereocenters. The highest BCUT2D eigenvalue weighted by Gasteiger charge is 2.39. The maximum atomic E-state index is 5.64. The Morgan fingerprint density at radius 1 is 1.35 bits per heavy atom. The summed E-state index contributed by atoms with van der Waals surface area (Å²) in [5.74, 6) is 0.848. The van der Waals surface area contributed by atoms with Crippen molar-refractivity contribution in [3.8, 4) is 0 Å². The van der Waals surface area contributed by atoms with Gasteiger partial charge in [0.25, 0.3) is 0 Å². The number of benzene rings is 1. The van der Waals surface area contributed by atoms with Gasteiger partial charge in [-0.3, -0.25) is 9.71 Å². The van der Waals surface area contributed by atoms with E-state index in [0.717, 1.165) is 29.5 Å². The quantitative estimate of drug-likeness (QED) is 0.506. The van der Waals surface area contributed by atoms with Crippen molar-refractivity contribution in [2.75, 3.05) is 13.1 Å². The minimum absolute atomic E-state index is 0.281. The molecule has 1 heterocycles. The largest absolute Gasteiger partial charge is 0.326 e. The van der Waals surface area contributed by atoms with E-state index in [0.29, 0.717) is 6.54 Å². The van der Waals surface area contributed by atoms with Gasteiger partial charge in [-0.2, -0.15) is 5.10 Å². The van der Waals surface area contributed by atoms with Crippen LogP contribution >= 0.6 is 11.9 Å². The van der Waals surface area contributed by atoms with Gasteiger partial charge in [-0.25, -0.2) is 5.01 Å². The highest BCUT2D eigenvalue weighted by atomic mass is 32.2. The molecular formula is C17H25N5S. The number of guanidine groups is 1. The van der Waals surface area contributed by atoms with Crippen molar-refractivity contribution in [1.29, 1.82) is 0 Å². The topological polar surface area (TPSA) is 66.0 Å². The Hall–Kier alpha value is -1.53. The fourth-order valence-electron chi connectivity index (χ4n) is 3.18. The third kappa shape index (κ3) is 3.87. The van der Waals surface area contributed by atoms with E-state index in [1.807, 2.05) is 11.9 Å². The van der Waals surface area contributed by atoms with Crippen LogP contribution in [0.25, 0.3) is 0 Å². The first-order chi connectivity index (χ1) is 11.2. The Balaban J connectivity index is 1.61. The van der Waals surface area contributed by atoms with E-state index in [4.69, 9.17) is 5.73 Å². The summed E-state index contributed by atoms with van der Waals surface area (Å²) in [6, 6.07) is 8.27. The molecule has 1 fully saturated rings. The lowest BCUT2D eigenvalue weighted by molar-refractivity contribution is 0.342. The average Bonchev–Trinajstić information content (AvgIpc) is 3.22. The van der Waals surface area contributed by atoms with Crippen LogP contribution in [0.4, 0.5) is 0 Å². The van der Waals surface area contributed by atoms with Crippen LogP contribution in [0.2, 0.25) is 0 Å². The lowest BCUT2D eigenvalue weighted by atomic mass is 9.88. The second-order valence-electron chi connectivity index (χ2n) is 6.22. The molecule has 1 aromatic rings. The first-order valence-electron chi connectivity index (χ1n) is 8.34. The van der Waals surface area contributed by atoms with Crippen LogP contribution in [0.1, 0.15) is 38.2 Å². The van der Waals surface area contributed by atoms with Gasteiger partial charge in [0, 0.05) is 29.6 Å². The van der Waals surface area contributed by atoms with Crippen LogP contribution in [-0.2, 0) is 6.54 Å². The Morgan fingerprint density at radius 3 is 2.74 bits per heavy atom. The van der Waals surface area contributed by atoms with Gasteiger partial charge in [0.05, 0.1) is 6.54 Å². The van der Waals surface area contributed by atoms with Crippen molar-refractivity contribution in [2.45, 2.75) is 44.0 Å². The monoisotopic (exact) mass is 331 g/mol. The van der Waals surface area contributed by atoms with Gasteiger partial charge >= 0.3 is 0 Å². The summed E-state index contributed by atoms with van der Waals surface area (Å²) in [7, 11) is 0. The summed E-state index contributed by atoms with van der Waals surface area (Å²) in [6.45, 7) is 4.32. The molecule has 1 aliphatic heterocycles. The molecule has 3 N–H and O–H groups in total. The number of nitrogens with zero attached hydrogens (tertiary/aromatic N) is 3. The fraction of sp³-hybridized carbons (Fsp3) is 0.529. The Bertz CT molecular complexity index is 575. The van der Waals surface area contributed by atoms with Crippen molar-refractivity contribution < 1.29 is 0 Å². The van der Waals surface area contributed by atoms with Crippen LogP contribution < -0.4 is 10.5 Å². The second-order valence-corrected chi connectivity index (χ2v) is 7.10. The molecule has 0 unspecified atom stereocenters. The van der Waals surface area contributed by atoms with E-state index >= 15 is 0 Å². The van der Waals surface area contributed by atoms with Crippen molar-refractivity contribution in [1.82, 2.24) is 9.73 Å². The molecule has 0 aromatic heterocycles. The van der Waals surface area contributed by atoms with E-state index in [1.165, 1.54) is 25.7 Å². The van der Waals surface area contributed by atoms with Crippen LogP contribution in [0, 0.1) is 5.41 Å². The zero-order chi connectivity index (χ0) is 16.1. The number of hydrogen-bond donors (Lipinski definition) is 2. The number of nitrogens with one attached hydrogen (secondary N) is 1. The van der Waals surface area contributed by atoms with Gasteiger partial charge in [-0.15, -0.1) is 0 Å². The molecule has 23 heavy (non-hydrogen) atoms. The molecule has 0 saturated heterocycles. The minimum Gasteiger partial charge on any atom is -0.326 e. The predicted octanol–water partition coefficient (Wildman–Crippen LogP) is 2.98. The van der Waals surface area contributed by atoms with E-state index < -0.39 is 0 Å². The molecule has 1 aromatic carbocycles. The molecule has 1 aliphatic carbocycles. The first-order valence-corrected chi connectivity index (χ1v) is 9.15. The fourth-order valence-corrected chi connectivity index (χ4v) is 3.83. The highest BCUT2D eigenvalue weighted by Crippen LogP contribution is 2.40. The summed E-state index contributed by atoms with van der Waals surface area (Å²) >= 11 is 1.57. The molecule has 0 bridgehead atoms. The van der Waals surface area contributed by atoms with Crippen molar-refractivity contribution >= 4 is 24.1 Å². The zero-order valence-corrected chi connectivity index (χ0v) is 14.5.